The molecule has 2 nitrogen and oxygen atoms in total. The molecule has 21 heavy (non-hydrogen) atoms. The van der Waals surface area contributed by atoms with Crippen LogP contribution in [0.5, 0.6) is 0 Å². The third-order valence-electron chi connectivity index (χ3n) is 3.41. The number of thiol groups is 1. The van der Waals surface area contributed by atoms with Crippen molar-refractivity contribution in [3.63, 3.8) is 0 Å². The molecule has 6 heteroatoms. The second-order valence-electron chi connectivity index (χ2n) is 4.74. The average molecular weight is 309 g/mol. The van der Waals surface area contributed by atoms with Crippen molar-refractivity contribution in [1.82, 2.24) is 0 Å². The maximum atomic E-state index is 12.3. The molecule has 1 N–H and O–H groups in total. The Bertz CT molecular complexity index is 727. The Morgan fingerprint density at radius 1 is 1.05 bits per heavy atom. The van der Waals surface area contributed by atoms with Crippen molar-refractivity contribution in [2.24, 2.45) is 0 Å². The van der Waals surface area contributed by atoms with Crippen LogP contribution in [0.3, 0.4) is 0 Å². The fourth-order valence-electron chi connectivity index (χ4n) is 2.46. The van der Waals surface area contributed by atoms with Gasteiger partial charge in [0.25, 0.3) is 0 Å². The predicted molar refractivity (Wildman–Crippen MR) is 77.4 cm³/mol. The smallest absolute Gasteiger partial charge is 0.318 e. The summed E-state index contributed by atoms with van der Waals surface area (Å²) in [7, 11) is 0. The van der Waals surface area contributed by atoms with E-state index in [0.29, 0.717) is 0 Å². The molecule has 0 saturated carbocycles. The number of hydrogen-bond donors (Lipinski definition) is 2. The van der Waals surface area contributed by atoms with Crippen LogP contribution >= 0.6 is 12.6 Å². The molecule has 1 atom stereocenters. The van der Waals surface area contributed by atoms with Gasteiger partial charge < -0.3 is 5.32 Å². The van der Waals surface area contributed by atoms with Gasteiger partial charge in [-0.05, 0) is 34.4 Å². The maximum Gasteiger partial charge on any atom is 0.471 e. The van der Waals surface area contributed by atoms with Crippen molar-refractivity contribution in [1.29, 1.82) is 0 Å². The van der Waals surface area contributed by atoms with Gasteiger partial charge in [0.05, 0.1) is 5.25 Å². The van der Waals surface area contributed by atoms with Gasteiger partial charge in [-0.2, -0.15) is 25.8 Å². The Balaban J connectivity index is 1.96. The Morgan fingerprint density at radius 3 is 2.43 bits per heavy atom. The van der Waals surface area contributed by atoms with Gasteiger partial charge in [-0.3, -0.25) is 4.79 Å². The number of benzene rings is 2. The number of rotatable bonds is 1. The second-order valence-corrected chi connectivity index (χ2v) is 5.26. The first-order valence-corrected chi connectivity index (χ1v) is 6.69. The van der Waals surface area contributed by atoms with Gasteiger partial charge in [0.15, 0.2) is 0 Å². The van der Waals surface area contributed by atoms with Crippen LogP contribution in [0.2, 0.25) is 0 Å². The Morgan fingerprint density at radius 2 is 1.71 bits per heavy atom. The van der Waals surface area contributed by atoms with Gasteiger partial charge in [0.1, 0.15) is 0 Å². The normalized spacial score (nSPS) is 16.3. The molecule has 0 heterocycles. The minimum atomic E-state index is -4.90. The van der Waals surface area contributed by atoms with Crippen LogP contribution in [0.4, 0.5) is 18.9 Å². The molecule has 0 bridgehead atoms. The van der Waals surface area contributed by atoms with Crippen LogP contribution in [0, 0.1) is 0 Å². The van der Waals surface area contributed by atoms with E-state index in [9.17, 15) is 18.0 Å². The molecule has 2 aromatic rings. The van der Waals surface area contributed by atoms with Crippen LogP contribution in [-0.4, -0.2) is 12.1 Å². The Hall–Kier alpha value is -1.95. The molecule has 1 amide bonds. The number of carbonyl (C=O) groups is 1. The summed E-state index contributed by atoms with van der Waals surface area (Å²) in [4.78, 5) is 11.0. The molecule has 3 rings (SSSR count). The predicted octanol–water partition coefficient (Wildman–Crippen LogP) is 4.19. The summed E-state index contributed by atoms with van der Waals surface area (Å²) in [6.45, 7) is 0. The molecule has 108 valence electrons. The topological polar surface area (TPSA) is 29.1 Å². The summed E-state index contributed by atoms with van der Waals surface area (Å²) in [5.41, 5.74) is 3.86. The third-order valence-corrected chi connectivity index (χ3v) is 3.96. The third kappa shape index (κ3) is 2.40. The van der Waals surface area contributed by atoms with Gasteiger partial charge >= 0.3 is 12.1 Å². The molecule has 1 unspecified atom stereocenters. The van der Waals surface area contributed by atoms with E-state index < -0.39 is 12.1 Å². The number of amides is 1. The summed E-state index contributed by atoms with van der Waals surface area (Å²) < 4.78 is 36.8. The molecule has 1 aliphatic carbocycles. The van der Waals surface area contributed by atoms with E-state index in [1.807, 2.05) is 29.6 Å². The molecule has 1 aliphatic rings. The Labute approximate surface area is 124 Å². The monoisotopic (exact) mass is 309 g/mol. The van der Waals surface area contributed by atoms with Crippen molar-refractivity contribution in [2.45, 2.75) is 11.4 Å². The molecule has 0 spiro atoms. The zero-order chi connectivity index (χ0) is 15.2. The molecular weight excluding hydrogens is 299 g/mol. The first-order chi connectivity index (χ1) is 9.88. The van der Waals surface area contributed by atoms with Crippen molar-refractivity contribution in [3.8, 4) is 11.1 Å². The van der Waals surface area contributed by atoms with E-state index in [1.165, 1.54) is 12.1 Å². The van der Waals surface area contributed by atoms with E-state index >= 15 is 0 Å². The lowest BCUT2D eigenvalue weighted by atomic mass is 10.1. The lowest BCUT2D eigenvalue weighted by molar-refractivity contribution is -0.167. The zero-order valence-corrected chi connectivity index (χ0v) is 11.5. The number of alkyl halides is 3. The average Bonchev–Trinajstić information content (AvgIpc) is 2.72. The first-order valence-electron chi connectivity index (χ1n) is 6.17. The van der Waals surface area contributed by atoms with E-state index in [2.05, 4.69) is 12.6 Å². The molecule has 0 saturated heterocycles. The van der Waals surface area contributed by atoms with E-state index in [-0.39, 0.29) is 10.9 Å². The van der Waals surface area contributed by atoms with Crippen LogP contribution in [-0.2, 0) is 4.79 Å². The highest BCUT2D eigenvalue weighted by atomic mass is 32.1. The summed E-state index contributed by atoms with van der Waals surface area (Å²) in [5.74, 6) is -1.98. The zero-order valence-electron chi connectivity index (χ0n) is 10.6. The minimum Gasteiger partial charge on any atom is -0.318 e. The fraction of sp³-hybridized carbons (Fsp3) is 0.133. The molecular formula is C15H10F3NOS. The van der Waals surface area contributed by atoms with Gasteiger partial charge in [-0.15, -0.1) is 0 Å². The number of carbonyl (C=O) groups excluding carboxylic acids is 1. The van der Waals surface area contributed by atoms with Gasteiger partial charge in [0.2, 0.25) is 0 Å². The van der Waals surface area contributed by atoms with Crippen molar-refractivity contribution >= 4 is 24.2 Å². The highest BCUT2D eigenvalue weighted by molar-refractivity contribution is 7.80. The van der Waals surface area contributed by atoms with Crippen LogP contribution in [0.1, 0.15) is 16.4 Å². The summed E-state index contributed by atoms with van der Waals surface area (Å²) >= 11 is 4.51. The number of fused-ring (bicyclic) bond motifs is 3. The first kappa shape index (κ1) is 14.0. The summed E-state index contributed by atoms with van der Waals surface area (Å²) in [6, 6.07) is 12.4. The molecule has 0 fully saturated rings. The van der Waals surface area contributed by atoms with Crippen molar-refractivity contribution in [3.05, 3.63) is 53.6 Å². The number of nitrogens with one attached hydrogen (secondary N) is 1. The number of halogens is 3. The highest BCUT2D eigenvalue weighted by Gasteiger charge is 2.39. The number of hydrogen-bond acceptors (Lipinski definition) is 2. The molecule has 2 aromatic carbocycles. The van der Waals surface area contributed by atoms with Crippen LogP contribution in [0.25, 0.3) is 11.1 Å². The van der Waals surface area contributed by atoms with E-state index in [1.54, 1.807) is 6.07 Å². The van der Waals surface area contributed by atoms with Gasteiger partial charge in [-0.1, -0.05) is 30.3 Å². The quantitative estimate of drug-likeness (QED) is 0.760. The minimum absolute atomic E-state index is 0.114. The second kappa shape index (κ2) is 4.80. The lowest BCUT2D eigenvalue weighted by Crippen LogP contribution is -2.29. The van der Waals surface area contributed by atoms with Crippen molar-refractivity contribution < 1.29 is 18.0 Å². The molecule has 0 aliphatic heterocycles. The molecule has 0 aromatic heterocycles. The van der Waals surface area contributed by atoms with E-state index in [0.717, 1.165) is 22.3 Å². The lowest BCUT2D eigenvalue weighted by Gasteiger charge is -2.11. The summed E-state index contributed by atoms with van der Waals surface area (Å²) in [5, 5.41) is 1.65. The maximum absolute atomic E-state index is 12.3. The largest absolute Gasteiger partial charge is 0.471 e. The van der Waals surface area contributed by atoms with Crippen molar-refractivity contribution in [2.75, 3.05) is 5.32 Å². The standard InChI is InChI=1S/C15H10F3NOS/c16-15(17,18)14(20)19-8-5-6-10-9-3-1-2-4-11(9)13(21)12(10)7-8/h1-7,13,21H,(H,19,20). The van der Waals surface area contributed by atoms with Gasteiger partial charge in [-0.25, -0.2) is 0 Å². The van der Waals surface area contributed by atoms with E-state index in [4.69, 9.17) is 0 Å². The number of anilines is 1. The Kier molecular flexibility index (Phi) is 3.20. The van der Waals surface area contributed by atoms with Crippen LogP contribution in [0.15, 0.2) is 42.5 Å². The summed E-state index contributed by atoms with van der Waals surface area (Å²) in [6.07, 6.45) is -4.90. The fourth-order valence-corrected chi connectivity index (χ4v) is 2.90. The SMILES string of the molecule is O=C(Nc1ccc2c(c1)C(S)c1ccccc1-2)C(F)(F)F. The van der Waals surface area contributed by atoms with Crippen LogP contribution < -0.4 is 5.32 Å². The van der Waals surface area contributed by atoms with Gasteiger partial charge in [0, 0.05) is 5.69 Å². The molecule has 0 radical (unpaired) electrons. The highest BCUT2D eigenvalue weighted by Crippen LogP contribution is 2.47.